The van der Waals surface area contributed by atoms with Crippen LogP contribution in [0.3, 0.4) is 0 Å². The highest BCUT2D eigenvalue weighted by atomic mass is 79.9. The molecule has 0 saturated heterocycles. The van der Waals surface area contributed by atoms with Crippen molar-refractivity contribution in [3.63, 3.8) is 0 Å². The van der Waals surface area contributed by atoms with Crippen molar-refractivity contribution in [3.8, 4) is 0 Å². The average Bonchev–Trinajstić information content (AvgIpc) is 2.40. The summed E-state index contributed by atoms with van der Waals surface area (Å²) in [5.74, 6) is 0. The molecule has 2 aromatic carbocycles. The van der Waals surface area contributed by atoms with E-state index in [1.165, 1.54) is 37.9 Å². The van der Waals surface area contributed by atoms with Crippen molar-refractivity contribution in [3.05, 3.63) is 68.2 Å². The van der Waals surface area contributed by atoms with Crippen LogP contribution in [-0.2, 0) is 0 Å². The van der Waals surface area contributed by atoms with Gasteiger partial charge in [-0.2, -0.15) is 0 Å². The van der Waals surface area contributed by atoms with Crippen LogP contribution in [-0.4, -0.2) is 6.54 Å². The molecule has 2 rings (SSSR count). The summed E-state index contributed by atoms with van der Waals surface area (Å²) in [6.07, 6.45) is 0. The van der Waals surface area contributed by atoms with E-state index in [0.717, 1.165) is 6.54 Å². The minimum atomic E-state index is 0.227. The van der Waals surface area contributed by atoms with Gasteiger partial charge in [-0.05, 0) is 62.1 Å². The molecule has 0 aliphatic carbocycles. The summed E-state index contributed by atoms with van der Waals surface area (Å²) in [6.45, 7) is 11.8. The predicted molar refractivity (Wildman–Crippen MR) is 95.1 cm³/mol. The van der Waals surface area contributed by atoms with Gasteiger partial charge in [0.1, 0.15) is 0 Å². The van der Waals surface area contributed by atoms with E-state index < -0.39 is 0 Å². The Morgan fingerprint density at radius 1 is 1.00 bits per heavy atom. The highest BCUT2D eigenvalue weighted by Gasteiger charge is 2.20. The molecule has 1 N–H and O–H groups in total. The minimum Gasteiger partial charge on any atom is -0.306 e. The lowest BCUT2D eigenvalue weighted by Crippen LogP contribution is -2.24. The molecule has 2 heteroatoms. The fourth-order valence-electron chi connectivity index (χ4n) is 3.11. The Kier molecular flexibility index (Phi) is 5.23. The first-order valence-corrected chi connectivity index (χ1v) is 8.31. The maximum atomic E-state index is 3.77. The molecule has 21 heavy (non-hydrogen) atoms. The Morgan fingerprint density at radius 3 is 2.19 bits per heavy atom. The first-order valence-electron chi connectivity index (χ1n) is 7.51. The van der Waals surface area contributed by atoms with Gasteiger partial charge in [-0.15, -0.1) is 0 Å². The molecule has 0 radical (unpaired) electrons. The molecule has 0 aromatic heterocycles. The highest BCUT2D eigenvalue weighted by molar-refractivity contribution is 9.10. The molecule has 0 aliphatic rings. The molecule has 2 aromatic rings. The Hall–Kier alpha value is -1.12. The molecule has 1 nitrogen and oxygen atoms in total. The molecule has 0 bridgehead atoms. The van der Waals surface area contributed by atoms with Crippen LogP contribution < -0.4 is 5.32 Å². The number of hydrogen-bond donors (Lipinski definition) is 1. The second-order valence-corrected chi connectivity index (χ2v) is 6.57. The number of nitrogens with one attached hydrogen (secondary N) is 1. The third-order valence-corrected chi connectivity index (χ3v) is 5.05. The minimum absolute atomic E-state index is 0.227. The van der Waals surface area contributed by atoms with Gasteiger partial charge in [0.15, 0.2) is 0 Å². The predicted octanol–water partition coefficient (Wildman–Crippen LogP) is 5.38. The quantitative estimate of drug-likeness (QED) is 0.783. The van der Waals surface area contributed by atoms with E-state index in [4.69, 9.17) is 0 Å². The second-order valence-electron chi connectivity index (χ2n) is 5.78. The largest absolute Gasteiger partial charge is 0.306 e. The third-order valence-electron chi connectivity index (χ3n) is 3.97. The molecule has 0 fully saturated rings. The lowest BCUT2D eigenvalue weighted by atomic mass is 9.89. The van der Waals surface area contributed by atoms with Gasteiger partial charge in [0.05, 0.1) is 6.04 Å². The van der Waals surface area contributed by atoms with Crippen LogP contribution in [0, 0.1) is 27.7 Å². The molecule has 112 valence electrons. The van der Waals surface area contributed by atoms with E-state index in [0.29, 0.717) is 0 Å². The van der Waals surface area contributed by atoms with E-state index in [9.17, 15) is 0 Å². The monoisotopic (exact) mass is 345 g/mol. The zero-order chi connectivity index (χ0) is 15.6. The molecule has 0 spiro atoms. The van der Waals surface area contributed by atoms with E-state index >= 15 is 0 Å². The summed E-state index contributed by atoms with van der Waals surface area (Å²) in [6, 6.07) is 11.3. The topological polar surface area (TPSA) is 12.0 Å². The smallest absolute Gasteiger partial charge is 0.0593 e. The van der Waals surface area contributed by atoms with Crippen molar-refractivity contribution in [1.82, 2.24) is 5.32 Å². The zero-order valence-electron chi connectivity index (χ0n) is 13.5. The van der Waals surface area contributed by atoms with Crippen molar-refractivity contribution in [2.75, 3.05) is 6.54 Å². The number of halogens is 1. The molecular weight excluding hydrogens is 322 g/mol. The van der Waals surface area contributed by atoms with Gasteiger partial charge in [-0.25, -0.2) is 0 Å². The number of rotatable bonds is 4. The molecule has 1 atom stereocenters. The lowest BCUT2D eigenvalue weighted by Gasteiger charge is -2.25. The Bertz CT molecular complexity index is 623. The summed E-state index contributed by atoms with van der Waals surface area (Å²) < 4.78 is 1.20. The summed E-state index contributed by atoms with van der Waals surface area (Å²) in [4.78, 5) is 0. The number of hydrogen-bond acceptors (Lipinski definition) is 1. The molecule has 0 saturated carbocycles. The number of aryl methyl sites for hydroxylation is 4. The van der Waals surface area contributed by atoms with Crippen molar-refractivity contribution < 1.29 is 0 Å². The van der Waals surface area contributed by atoms with Crippen molar-refractivity contribution in [2.45, 2.75) is 40.7 Å². The standard InChI is InChI=1S/C19H24BrN/c1-6-21-19(16-9-7-8-13(3)18(16)20)17-14(4)10-12(2)11-15(17)5/h7-11,19,21H,6H2,1-5H3. The Balaban J connectivity index is 2.62. The zero-order valence-corrected chi connectivity index (χ0v) is 15.1. The van der Waals surface area contributed by atoms with Crippen LogP contribution in [0.5, 0.6) is 0 Å². The van der Waals surface area contributed by atoms with Crippen molar-refractivity contribution in [1.29, 1.82) is 0 Å². The second kappa shape index (κ2) is 6.76. The van der Waals surface area contributed by atoms with Crippen LogP contribution in [0.2, 0.25) is 0 Å². The van der Waals surface area contributed by atoms with Crippen molar-refractivity contribution >= 4 is 15.9 Å². The summed E-state index contributed by atoms with van der Waals surface area (Å²) >= 11 is 3.77. The Labute approximate surface area is 136 Å². The van der Waals surface area contributed by atoms with E-state index in [1.54, 1.807) is 0 Å². The average molecular weight is 346 g/mol. The summed E-state index contributed by atoms with van der Waals surface area (Å²) in [7, 11) is 0. The first kappa shape index (κ1) is 16.3. The first-order chi connectivity index (χ1) is 9.95. The maximum absolute atomic E-state index is 3.77. The fourth-order valence-corrected chi connectivity index (χ4v) is 3.60. The van der Waals surface area contributed by atoms with Gasteiger partial charge in [0, 0.05) is 4.47 Å². The van der Waals surface area contributed by atoms with Crippen molar-refractivity contribution in [2.24, 2.45) is 0 Å². The molecule has 1 unspecified atom stereocenters. The van der Waals surface area contributed by atoms with Gasteiger partial charge in [-0.1, -0.05) is 58.7 Å². The molecule has 0 heterocycles. The van der Waals surface area contributed by atoms with Gasteiger partial charge in [0.25, 0.3) is 0 Å². The van der Waals surface area contributed by atoms with Gasteiger partial charge in [0.2, 0.25) is 0 Å². The number of benzene rings is 2. The molecule has 0 amide bonds. The molecular formula is C19H24BrN. The third kappa shape index (κ3) is 3.38. The van der Waals surface area contributed by atoms with Crippen LogP contribution in [0.1, 0.15) is 46.3 Å². The van der Waals surface area contributed by atoms with Gasteiger partial charge in [-0.3, -0.25) is 0 Å². The summed E-state index contributed by atoms with van der Waals surface area (Å²) in [5, 5.41) is 3.65. The van der Waals surface area contributed by atoms with Gasteiger partial charge < -0.3 is 5.32 Å². The van der Waals surface area contributed by atoms with E-state index in [1.807, 2.05) is 0 Å². The fraction of sp³-hybridized carbons (Fsp3) is 0.368. The van der Waals surface area contributed by atoms with Crippen LogP contribution in [0.4, 0.5) is 0 Å². The lowest BCUT2D eigenvalue weighted by molar-refractivity contribution is 0.622. The maximum Gasteiger partial charge on any atom is 0.0593 e. The van der Waals surface area contributed by atoms with Crippen LogP contribution >= 0.6 is 15.9 Å². The summed E-state index contributed by atoms with van der Waals surface area (Å²) in [5.41, 5.74) is 8.02. The molecule has 0 aliphatic heterocycles. The van der Waals surface area contributed by atoms with E-state index in [-0.39, 0.29) is 6.04 Å². The van der Waals surface area contributed by atoms with Gasteiger partial charge >= 0.3 is 0 Å². The van der Waals surface area contributed by atoms with Crippen LogP contribution in [0.15, 0.2) is 34.8 Å². The highest BCUT2D eigenvalue weighted by Crippen LogP contribution is 2.34. The van der Waals surface area contributed by atoms with Crippen LogP contribution in [0.25, 0.3) is 0 Å². The van der Waals surface area contributed by atoms with E-state index in [2.05, 4.69) is 86.2 Å². The SMILES string of the molecule is CCNC(c1cccc(C)c1Br)c1c(C)cc(C)cc1C. The Morgan fingerprint density at radius 2 is 1.62 bits per heavy atom. The normalized spacial score (nSPS) is 12.5.